The summed E-state index contributed by atoms with van der Waals surface area (Å²) in [6, 6.07) is 19.3. The first-order chi connectivity index (χ1) is 15.2. The number of nitrogens with one attached hydrogen (secondary N) is 2. The van der Waals surface area contributed by atoms with Gasteiger partial charge in [0.05, 0.1) is 11.5 Å². The summed E-state index contributed by atoms with van der Waals surface area (Å²) < 4.78 is 6.01. The molecule has 0 unspecified atom stereocenters. The van der Waals surface area contributed by atoms with E-state index in [-0.39, 0.29) is 23.5 Å². The van der Waals surface area contributed by atoms with Crippen molar-refractivity contribution in [2.45, 2.75) is 82.9 Å². The van der Waals surface area contributed by atoms with Crippen LogP contribution in [0.15, 0.2) is 54.6 Å². The van der Waals surface area contributed by atoms with Crippen molar-refractivity contribution in [3.8, 4) is 5.75 Å². The Hall–Kier alpha value is -2.33. The third-order valence-electron chi connectivity index (χ3n) is 7.63. The highest BCUT2D eigenvalue weighted by molar-refractivity contribution is 5.87. The summed E-state index contributed by atoms with van der Waals surface area (Å²) in [5, 5.41) is 7.17. The number of rotatable bonds is 6. The number of ether oxygens (including phenoxy) is 1. The molecule has 4 atom stereocenters. The van der Waals surface area contributed by atoms with Gasteiger partial charge in [-0.15, -0.1) is 0 Å². The van der Waals surface area contributed by atoms with E-state index in [2.05, 4.69) is 49.6 Å². The fraction of sp³-hybridized carbons (Fsp3) is 0.536. The zero-order chi connectivity index (χ0) is 22.9. The van der Waals surface area contributed by atoms with Crippen molar-refractivity contribution in [1.29, 1.82) is 0 Å². The molecule has 2 aliphatic rings. The molecule has 0 aromatic heterocycles. The number of piperidine rings is 1. The van der Waals surface area contributed by atoms with Gasteiger partial charge in [-0.05, 0) is 82.7 Å². The predicted octanol–water partition coefficient (Wildman–Crippen LogP) is 4.97. The number of benzene rings is 2. The Labute approximate surface area is 193 Å². The van der Waals surface area contributed by atoms with Crippen LogP contribution >= 0.6 is 0 Å². The van der Waals surface area contributed by atoms with E-state index in [0.717, 1.165) is 37.1 Å². The van der Waals surface area contributed by atoms with Crippen molar-refractivity contribution in [3.63, 3.8) is 0 Å². The molecule has 1 amide bonds. The first kappa shape index (κ1) is 22.8. The maximum Gasteiger partial charge on any atom is 0.230 e. The molecule has 0 radical (unpaired) electrons. The number of hydrogen-bond donors (Lipinski definition) is 2. The molecule has 1 saturated heterocycles. The van der Waals surface area contributed by atoms with Crippen molar-refractivity contribution >= 4 is 5.91 Å². The standard InChI is InChI=1S/C28H38N2O2/c1-19(2)32-25-13-9-12-22(14-25)28-16-23(29-18-20(28)3)15-24(17-28)30-26(31)27(4,5)21-10-7-6-8-11-21/h6-14,19-20,23-24,29H,15-18H2,1-5H3,(H,30,31)/t20-,23+,24+,28-/m0/s1. The number of amides is 1. The van der Waals surface area contributed by atoms with Gasteiger partial charge in [0.15, 0.2) is 0 Å². The summed E-state index contributed by atoms with van der Waals surface area (Å²) in [6.45, 7) is 11.5. The highest BCUT2D eigenvalue weighted by Crippen LogP contribution is 2.48. The molecular formula is C28H38N2O2. The van der Waals surface area contributed by atoms with Crippen LogP contribution < -0.4 is 15.4 Å². The van der Waals surface area contributed by atoms with E-state index in [1.54, 1.807) is 0 Å². The molecular weight excluding hydrogens is 396 g/mol. The van der Waals surface area contributed by atoms with Crippen LogP contribution in [0.5, 0.6) is 5.75 Å². The van der Waals surface area contributed by atoms with Crippen LogP contribution in [0.3, 0.4) is 0 Å². The normalized spacial score (nSPS) is 27.8. The molecule has 2 bridgehead atoms. The monoisotopic (exact) mass is 434 g/mol. The first-order valence-electron chi connectivity index (χ1n) is 12.1. The summed E-state index contributed by atoms with van der Waals surface area (Å²) in [4.78, 5) is 13.4. The van der Waals surface area contributed by atoms with E-state index in [4.69, 9.17) is 4.74 Å². The van der Waals surface area contributed by atoms with Crippen molar-refractivity contribution in [3.05, 3.63) is 65.7 Å². The van der Waals surface area contributed by atoms with Crippen LogP contribution in [0.4, 0.5) is 0 Å². The predicted molar refractivity (Wildman–Crippen MR) is 130 cm³/mol. The first-order valence-corrected chi connectivity index (χ1v) is 12.1. The molecule has 1 aliphatic carbocycles. The van der Waals surface area contributed by atoms with Gasteiger partial charge in [0, 0.05) is 17.5 Å². The summed E-state index contributed by atoms with van der Waals surface area (Å²) in [5.41, 5.74) is 1.87. The molecule has 4 nitrogen and oxygen atoms in total. The van der Waals surface area contributed by atoms with Gasteiger partial charge in [0.2, 0.25) is 5.91 Å². The number of carbonyl (C=O) groups is 1. The van der Waals surface area contributed by atoms with Gasteiger partial charge in [0.1, 0.15) is 5.75 Å². The molecule has 4 heteroatoms. The lowest BCUT2D eigenvalue weighted by molar-refractivity contribution is -0.127. The van der Waals surface area contributed by atoms with Gasteiger partial charge in [-0.1, -0.05) is 49.4 Å². The zero-order valence-electron chi connectivity index (χ0n) is 20.2. The van der Waals surface area contributed by atoms with Crippen LogP contribution in [0.1, 0.15) is 65.0 Å². The molecule has 172 valence electrons. The van der Waals surface area contributed by atoms with Gasteiger partial charge >= 0.3 is 0 Å². The van der Waals surface area contributed by atoms with E-state index in [0.29, 0.717) is 12.0 Å². The van der Waals surface area contributed by atoms with Crippen molar-refractivity contribution < 1.29 is 9.53 Å². The van der Waals surface area contributed by atoms with E-state index in [1.165, 1.54) is 5.56 Å². The Morgan fingerprint density at radius 2 is 1.88 bits per heavy atom. The Kier molecular flexibility index (Phi) is 6.35. The van der Waals surface area contributed by atoms with Gasteiger partial charge in [-0.3, -0.25) is 4.79 Å². The smallest absolute Gasteiger partial charge is 0.230 e. The van der Waals surface area contributed by atoms with E-state index >= 15 is 0 Å². The lowest BCUT2D eigenvalue weighted by Gasteiger charge is -2.53. The molecule has 1 heterocycles. The lowest BCUT2D eigenvalue weighted by atomic mass is 9.58. The summed E-state index contributed by atoms with van der Waals surface area (Å²) in [5.74, 6) is 1.52. The highest BCUT2D eigenvalue weighted by atomic mass is 16.5. The van der Waals surface area contributed by atoms with Crippen LogP contribution in [-0.2, 0) is 15.6 Å². The average Bonchev–Trinajstić information content (AvgIpc) is 2.77. The van der Waals surface area contributed by atoms with Crippen LogP contribution in [0.25, 0.3) is 0 Å². The van der Waals surface area contributed by atoms with Gasteiger partial charge in [-0.25, -0.2) is 0 Å². The fourth-order valence-corrected chi connectivity index (χ4v) is 5.70. The summed E-state index contributed by atoms with van der Waals surface area (Å²) in [6.07, 6.45) is 3.20. The molecule has 2 aromatic carbocycles. The number of hydrogen-bond acceptors (Lipinski definition) is 3. The quantitative estimate of drug-likeness (QED) is 0.675. The van der Waals surface area contributed by atoms with Gasteiger partial charge < -0.3 is 15.4 Å². The number of carbonyl (C=O) groups excluding carboxylic acids is 1. The van der Waals surface area contributed by atoms with E-state index in [1.807, 2.05) is 50.2 Å². The Morgan fingerprint density at radius 3 is 2.59 bits per heavy atom. The summed E-state index contributed by atoms with van der Waals surface area (Å²) in [7, 11) is 0. The number of fused-ring (bicyclic) bond motifs is 2. The molecule has 2 aromatic rings. The Morgan fingerprint density at radius 1 is 1.12 bits per heavy atom. The second-order valence-corrected chi connectivity index (χ2v) is 10.7. The van der Waals surface area contributed by atoms with Gasteiger partial charge in [0.25, 0.3) is 0 Å². The Bertz CT molecular complexity index is 939. The molecule has 1 saturated carbocycles. The minimum absolute atomic E-state index is 0.0410. The highest BCUT2D eigenvalue weighted by Gasteiger charge is 2.49. The Balaban J connectivity index is 1.59. The van der Waals surface area contributed by atoms with E-state index in [9.17, 15) is 4.79 Å². The molecule has 2 N–H and O–H groups in total. The van der Waals surface area contributed by atoms with Crippen molar-refractivity contribution in [2.75, 3.05) is 6.54 Å². The third kappa shape index (κ3) is 4.43. The second-order valence-electron chi connectivity index (χ2n) is 10.7. The maximum absolute atomic E-state index is 13.4. The third-order valence-corrected chi connectivity index (χ3v) is 7.63. The zero-order valence-corrected chi connectivity index (χ0v) is 20.2. The van der Waals surface area contributed by atoms with Crippen LogP contribution in [-0.4, -0.2) is 30.6 Å². The molecule has 0 spiro atoms. The van der Waals surface area contributed by atoms with Crippen LogP contribution in [0, 0.1) is 5.92 Å². The summed E-state index contributed by atoms with van der Waals surface area (Å²) >= 11 is 0. The molecule has 2 fully saturated rings. The fourth-order valence-electron chi connectivity index (χ4n) is 5.70. The van der Waals surface area contributed by atoms with Crippen LogP contribution in [0.2, 0.25) is 0 Å². The molecule has 32 heavy (non-hydrogen) atoms. The minimum Gasteiger partial charge on any atom is -0.491 e. The SMILES string of the molecule is CC(C)Oc1cccc([C@@]23C[C@@H](C[C@@H](NC(=O)C(C)(C)c4ccccc4)C2)NC[C@@H]3C)c1. The minimum atomic E-state index is -0.564. The molecule has 1 aliphatic heterocycles. The van der Waals surface area contributed by atoms with Crippen molar-refractivity contribution in [2.24, 2.45) is 5.92 Å². The maximum atomic E-state index is 13.4. The lowest BCUT2D eigenvalue weighted by Crippen LogP contribution is -2.61. The second kappa shape index (κ2) is 8.90. The van der Waals surface area contributed by atoms with E-state index < -0.39 is 5.41 Å². The van der Waals surface area contributed by atoms with Crippen molar-refractivity contribution in [1.82, 2.24) is 10.6 Å². The average molecular weight is 435 g/mol. The largest absolute Gasteiger partial charge is 0.491 e. The van der Waals surface area contributed by atoms with Gasteiger partial charge in [-0.2, -0.15) is 0 Å². The molecule has 4 rings (SSSR count). The topological polar surface area (TPSA) is 50.4 Å².